The average Bonchev–Trinajstić information content (AvgIpc) is 2.95. The predicted octanol–water partition coefficient (Wildman–Crippen LogP) is 1.86. The van der Waals surface area contributed by atoms with Crippen molar-refractivity contribution in [1.82, 2.24) is 15.5 Å². The molecule has 7 heteroatoms. The highest BCUT2D eigenvalue weighted by Crippen LogP contribution is 2.35. The van der Waals surface area contributed by atoms with Crippen molar-refractivity contribution in [2.24, 2.45) is 0 Å². The van der Waals surface area contributed by atoms with Gasteiger partial charge < -0.3 is 14.9 Å². The number of amides is 1. The number of aliphatic carboxylic acids is 1. The van der Waals surface area contributed by atoms with Crippen LogP contribution in [0, 0.1) is 0 Å². The lowest BCUT2D eigenvalue weighted by Crippen LogP contribution is -2.54. The van der Waals surface area contributed by atoms with Gasteiger partial charge in [0.15, 0.2) is 11.5 Å². The zero-order valence-corrected chi connectivity index (χ0v) is 11.8. The summed E-state index contributed by atoms with van der Waals surface area (Å²) in [7, 11) is 0. The number of nitrogens with one attached hydrogen (secondary N) is 1. The van der Waals surface area contributed by atoms with E-state index >= 15 is 0 Å². The summed E-state index contributed by atoms with van der Waals surface area (Å²) in [5, 5.41) is 15.5. The fourth-order valence-electron chi connectivity index (χ4n) is 2.57. The summed E-state index contributed by atoms with van der Waals surface area (Å²) in [5.74, 6) is -0.893. The monoisotopic (exact) mass is 301 g/mol. The smallest absolute Gasteiger partial charge is 0.305 e. The van der Waals surface area contributed by atoms with Gasteiger partial charge in [0.25, 0.3) is 5.91 Å². The van der Waals surface area contributed by atoms with E-state index < -0.39 is 17.4 Å². The number of pyridine rings is 1. The highest BCUT2D eigenvalue weighted by molar-refractivity contribution is 5.94. The summed E-state index contributed by atoms with van der Waals surface area (Å²) in [6, 6.07) is 5.08. The second-order valence-corrected chi connectivity index (χ2v) is 5.48. The Labute approximate surface area is 126 Å². The van der Waals surface area contributed by atoms with Gasteiger partial charge >= 0.3 is 5.97 Å². The SMILES string of the molecule is O=C(O)CC1(NC(=O)c2cc(-c3cccnc3)on2)CCC1. The molecule has 114 valence electrons. The molecule has 0 radical (unpaired) electrons. The standard InChI is InChI=1S/C15H15N3O4/c19-13(20)8-15(4-2-5-15)17-14(21)11-7-12(22-18-11)10-3-1-6-16-9-10/h1,3,6-7,9H,2,4-5,8H2,(H,17,21)(H,19,20). The number of hydrogen-bond acceptors (Lipinski definition) is 5. The topological polar surface area (TPSA) is 105 Å². The van der Waals surface area contributed by atoms with Crippen molar-refractivity contribution in [2.45, 2.75) is 31.2 Å². The number of rotatable bonds is 5. The fraction of sp³-hybridized carbons (Fsp3) is 0.333. The Morgan fingerprint density at radius 1 is 1.41 bits per heavy atom. The first-order valence-electron chi connectivity index (χ1n) is 6.99. The molecule has 0 aliphatic heterocycles. The zero-order valence-electron chi connectivity index (χ0n) is 11.8. The lowest BCUT2D eigenvalue weighted by Gasteiger charge is -2.41. The normalized spacial score (nSPS) is 15.8. The van der Waals surface area contributed by atoms with Crippen LogP contribution in [0.4, 0.5) is 0 Å². The number of carbonyl (C=O) groups is 2. The highest BCUT2D eigenvalue weighted by Gasteiger charge is 2.40. The van der Waals surface area contributed by atoms with Crippen LogP contribution in [0.2, 0.25) is 0 Å². The third kappa shape index (κ3) is 2.83. The van der Waals surface area contributed by atoms with Gasteiger partial charge in [-0.25, -0.2) is 0 Å². The summed E-state index contributed by atoms with van der Waals surface area (Å²) in [6.45, 7) is 0. The van der Waals surface area contributed by atoms with Crippen LogP contribution in [0.1, 0.15) is 36.2 Å². The Kier molecular flexibility index (Phi) is 3.62. The van der Waals surface area contributed by atoms with Crippen molar-refractivity contribution in [3.63, 3.8) is 0 Å². The number of carboxylic acid groups (broad SMARTS) is 1. The number of carbonyl (C=O) groups excluding carboxylic acids is 1. The van der Waals surface area contributed by atoms with Crippen LogP contribution in [0.3, 0.4) is 0 Å². The Morgan fingerprint density at radius 3 is 2.82 bits per heavy atom. The van der Waals surface area contributed by atoms with Gasteiger partial charge in [0, 0.05) is 24.0 Å². The van der Waals surface area contributed by atoms with E-state index in [-0.39, 0.29) is 12.1 Å². The second kappa shape index (κ2) is 5.59. The van der Waals surface area contributed by atoms with Gasteiger partial charge in [-0.15, -0.1) is 0 Å². The number of nitrogens with zero attached hydrogens (tertiary/aromatic N) is 2. The Balaban J connectivity index is 1.73. The molecule has 2 heterocycles. The first-order valence-corrected chi connectivity index (χ1v) is 6.99. The molecule has 2 N–H and O–H groups in total. The zero-order chi connectivity index (χ0) is 15.6. The van der Waals surface area contributed by atoms with Crippen LogP contribution < -0.4 is 5.32 Å². The number of hydrogen-bond donors (Lipinski definition) is 2. The summed E-state index contributed by atoms with van der Waals surface area (Å²) >= 11 is 0. The third-order valence-electron chi connectivity index (χ3n) is 3.87. The molecule has 1 fully saturated rings. The maximum absolute atomic E-state index is 12.2. The van der Waals surface area contributed by atoms with E-state index in [0.29, 0.717) is 18.6 Å². The molecule has 7 nitrogen and oxygen atoms in total. The van der Waals surface area contributed by atoms with Gasteiger partial charge in [0.1, 0.15) is 0 Å². The second-order valence-electron chi connectivity index (χ2n) is 5.48. The van der Waals surface area contributed by atoms with Crippen LogP contribution in [0.25, 0.3) is 11.3 Å². The predicted molar refractivity (Wildman–Crippen MR) is 76.0 cm³/mol. The Morgan fingerprint density at radius 2 is 2.23 bits per heavy atom. The van der Waals surface area contributed by atoms with E-state index in [2.05, 4.69) is 15.5 Å². The van der Waals surface area contributed by atoms with Crippen LogP contribution in [0.15, 0.2) is 35.1 Å². The largest absolute Gasteiger partial charge is 0.481 e. The van der Waals surface area contributed by atoms with Crippen molar-refractivity contribution < 1.29 is 19.2 Å². The molecule has 3 rings (SSSR count). The molecule has 2 aromatic heterocycles. The maximum atomic E-state index is 12.2. The molecule has 1 amide bonds. The molecule has 1 aliphatic rings. The third-order valence-corrected chi connectivity index (χ3v) is 3.87. The van der Waals surface area contributed by atoms with Crippen LogP contribution >= 0.6 is 0 Å². The summed E-state index contributed by atoms with van der Waals surface area (Å²) < 4.78 is 5.15. The quantitative estimate of drug-likeness (QED) is 0.873. The van der Waals surface area contributed by atoms with Crippen LogP contribution in [-0.2, 0) is 4.79 Å². The minimum absolute atomic E-state index is 0.0773. The molecule has 1 aliphatic carbocycles. The lowest BCUT2D eigenvalue weighted by molar-refractivity contribution is -0.139. The first-order chi connectivity index (χ1) is 10.6. The molecule has 0 spiro atoms. The molecule has 0 atom stereocenters. The lowest BCUT2D eigenvalue weighted by atomic mass is 9.74. The molecule has 1 saturated carbocycles. The van der Waals surface area contributed by atoms with E-state index in [1.807, 2.05) is 0 Å². The van der Waals surface area contributed by atoms with Gasteiger partial charge in [-0.1, -0.05) is 5.16 Å². The van der Waals surface area contributed by atoms with E-state index in [1.165, 1.54) is 6.07 Å². The molecular formula is C15H15N3O4. The number of carboxylic acids is 1. The van der Waals surface area contributed by atoms with Gasteiger partial charge in [0.2, 0.25) is 0 Å². The molecule has 0 bridgehead atoms. The van der Waals surface area contributed by atoms with E-state index in [0.717, 1.165) is 12.0 Å². The molecular weight excluding hydrogens is 286 g/mol. The van der Waals surface area contributed by atoms with E-state index in [1.54, 1.807) is 24.5 Å². The minimum atomic E-state index is -0.920. The molecule has 22 heavy (non-hydrogen) atoms. The Bertz CT molecular complexity index is 692. The van der Waals surface area contributed by atoms with Crippen molar-refractivity contribution in [1.29, 1.82) is 0 Å². The molecule has 0 saturated heterocycles. The maximum Gasteiger partial charge on any atom is 0.305 e. The van der Waals surface area contributed by atoms with E-state index in [4.69, 9.17) is 9.63 Å². The van der Waals surface area contributed by atoms with Crippen LogP contribution in [0.5, 0.6) is 0 Å². The van der Waals surface area contributed by atoms with Gasteiger partial charge in [-0.05, 0) is 31.4 Å². The van der Waals surface area contributed by atoms with Gasteiger partial charge in [0.05, 0.1) is 12.0 Å². The Hall–Kier alpha value is -2.70. The first kappa shape index (κ1) is 14.2. The molecule has 2 aromatic rings. The number of aromatic nitrogens is 2. The van der Waals surface area contributed by atoms with E-state index in [9.17, 15) is 9.59 Å². The summed E-state index contributed by atoms with van der Waals surface area (Å²) in [4.78, 5) is 27.1. The fourth-order valence-corrected chi connectivity index (χ4v) is 2.57. The van der Waals surface area contributed by atoms with Gasteiger partial charge in [-0.3, -0.25) is 14.6 Å². The van der Waals surface area contributed by atoms with Crippen LogP contribution in [-0.4, -0.2) is 32.7 Å². The summed E-state index contributed by atoms with van der Waals surface area (Å²) in [6.07, 6.45) is 5.41. The summed E-state index contributed by atoms with van der Waals surface area (Å²) in [5.41, 5.74) is 0.199. The molecule has 0 unspecified atom stereocenters. The van der Waals surface area contributed by atoms with Crippen molar-refractivity contribution in [3.05, 3.63) is 36.3 Å². The molecule has 0 aromatic carbocycles. The van der Waals surface area contributed by atoms with Crippen molar-refractivity contribution in [3.8, 4) is 11.3 Å². The minimum Gasteiger partial charge on any atom is -0.481 e. The van der Waals surface area contributed by atoms with Crippen molar-refractivity contribution >= 4 is 11.9 Å². The van der Waals surface area contributed by atoms with Crippen molar-refractivity contribution in [2.75, 3.05) is 0 Å². The average molecular weight is 301 g/mol. The highest BCUT2D eigenvalue weighted by atomic mass is 16.5. The van der Waals surface area contributed by atoms with Gasteiger partial charge in [-0.2, -0.15) is 0 Å².